The fourth-order valence-corrected chi connectivity index (χ4v) is 3.43. The maximum Gasteiger partial charge on any atom is 0.229 e. The standard InChI is InChI=1S/C22H25FN2O3/c1-28-13-11-21(26)25-12-3-5-18(15-25)22(27)24-20-6-2-4-17(14-20)16-7-9-19(23)10-8-16/h2,4,6-10,14,18H,3,5,11-13,15H2,1H3,(H,24,27)/t18-/m1/s1. The Kier molecular flexibility index (Phi) is 6.76. The van der Waals surface area contributed by atoms with Crippen molar-refractivity contribution in [3.05, 3.63) is 54.3 Å². The molecular formula is C22H25FN2O3. The normalized spacial score (nSPS) is 16.6. The molecule has 6 heteroatoms. The van der Waals surface area contributed by atoms with E-state index in [1.54, 1.807) is 24.1 Å². The van der Waals surface area contributed by atoms with E-state index < -0.39 is 0 Å². The maximum atomic E-state index is 13.1. The zero-order chi connectivity index (χ0) is 19.9. The summed E-state index contributed by atoms with van der Waals surface area (Å²) in [6, 6.07) is 13.7. The molecule has 1 N–H and O–H groups in total. The molecule has 3 rings (SSSR count). The Hall–Kier alpha value is -2.73. The molecule has 1 atom stereocenters. The number of hydrogen-bond donors (Lipinski definition) is 1. The van der Waals surface area contributed by atoms with E-state index in [1.165, 1.54) is 12.1 Å². The van der Waals surface area contributed by atoms with Gasteiger partial charge in [0.2, 0.25) is 11.8 Å². The third-order valence-electron chi connectivity index (χ3n) is 4.97. The Balaban J connectivity index is 1.63. The summed E-state index contributed by atoms with van der Waals surface area (Å²) in [5.74, 6) is -0.567. The van der Waals surface area contributed by atoms with Crippen LogP contribution in [0.1, 0.15) is 19.3 Å². The van der Waals surface area contributed by atoms with Crippen molar-refractivity contribution in [1.29, 1.82) is 0 Å². The quantitative estimate of drug-likeness (QED) is 0.826. The molecule has 0 aromatic heterocycles. The zero-order valence-electron chi connectivity index (χ0n) is 16.0. The molecule has 28 heavy (non-hydrogen) atoms. The van der Waals surface area contributed by atoms with Crippen LogP contribution in [-0.4, -0.2) is 43.5 Å². The van der Waals surface area contributed by atoms with Crippen molar-refractivity contribution in [2.24, 2.45) is 5.92 Å². The molecule has 0 unspecified atom stereocenters. The molecule has 0 aliphatic carbocycles. The summed E-state index contributed by atoms with van der Waals surface area (Å²) in [6.07, 6.45) is 1.91. The van der Waals surface area contributed by atoms with E-state index >= 15 is 0 Å². The molecular weight excluding hydrogens is 359 g/mol. The number of nitrogens with one attached hydrogen (secondary N) is 1. The first kappa shape index (κ1) is 20.0. The van der Waals surface area contributed by atoms with Gasteiger partial charge in [0.05, 0.1) is 18.9 Å². The molecule has 1 aliphatic rings. The molecule has 148 valence electrons. The van der Waals surface area contributed by atoms with Crippen LogP contribution in [0.25, 0.3) is 11.1 Å². The largest absolute Gasteiger partial charge is 0.384 e. The fraction of sp³-hybridized carbons (Fsp3) is 0.364. The number of anilines is 1. The average molecular weight is 384 g/mol. The predicted octanol–water partition coefficient (Wildman–Crippen LogP) is 3.71. The van der Waals surface area contributed by atoms with Gasteiger partial charge in [-0.25, -0.2) is 4.39 Å². The topological polar surface area (TPSA) is 58.6 Å². The van der Waals surface area contributed by atoms with E-state index in [0.717, 1.165) is 24.0 Å². The van der Waals surface area contributed by atoms with E-state index in [1.807, 2.05) is 24.3 Å². The van der Waals surface area contributed by atoms with E-state index in [2.05, 4.69) is 5.32 Å². The van der Waals surface area contributed by atoms with Crippen LogP contribution >= 0.6 is 0 Å². The Bertz CT molecular complexity index is 823. The number of amides is 2. The number of likely N-dealkylation sites (tertiary alicyclic amines) is 1. The molecule has 0 saturated carbocycles. The summed E-state index contributed by atoms with van der Waals surface area (Å²) in [7, 11) is 1.57. The number of nitrogens with zero attached hydrogens (tertiary/aromatic N) is 1. The Morgan fingerprint density at radius 1 is 1.18 bits per heavy atom. The van der Waals surface area contributed by atoms with Gasteiger partial charge in [-0.15, -0.1) is 0 Å². The van der Waals surface area contributed by atoms with Crippen LogP contribution < -0.4 is 5.32 Å². The molecule has 1 heterocycles. The SMILES string of the molecule is COCCC(=O)N1CCC[C@@H](C(=O)Nc2cccc(-c3ccc(F)cc3)c2)C1. The van der Waals surface area contributed by atoms with Gasteiger partial charge in [-0.1, -0.05) is 24.3 Å². The predicted molar refractivity (Wildman–Crippen MR) is 106 cm³/mol. The number of carbonyl (C=O) groups excluding carboxylic acids is 2. The summed E-state index contributed by atoms with van der Waals surface area (Å²) in [5.41, 5.74) is 2.47. The van der Waals surface area contributed by atoms with Crippen molar-refractivity contribution < 1.29 is 18.7 Å². The van der Waals surface area contributed by atoms with Gasteiger partial charge in [0.25, 0.3) is 0 Å². The second-order valence-corrected chi connectivity index (χ2v) is 7.00. The van der Waals surface area contributed by atoms with Crippen LogP contribution in [0, 0.1) is 11.7 Å². The lowest BCUT2D eigenvalue weighted by Crippen LogP contribution is -2.44. The Labute approximate surface area is 164 Å². The van der Waals surface area contributed by atoms with Crippen molar-refractivity contribution in [1.82, 2.24) is 4.90 Å². The summed E-state index contributed by atoms with van der Waals surface area (Å²) >= 11 is 0. The van der Waals surface area contributed by atoms with Crippen molar-refractivity contribution >= 4 is 17.5 Å². The van der Waals surface area contributed by atoms with Crippen molar-refractivity contribution in [3.8, 4) is 11.1 Å². The summed E-state index contributed by atoms with van der Waals surface area (Å²) in [6.45, 7) is 1.51. The lowest BCUT2D eigenvalue weighted by atomic mass is 9.96. The molecule has 0 radical (unpaired) electrons. The average Bonchev–Trinajstić information content (AvgIpc) is 2.73. The Morgan fingerprint density at radius 2 is 1.96 bits per heavy atom. The molecule has 0 spiro atoms. The minimum absolute atomic E-state index is 0.0256. The zero-order valence-corrected chi connectivity index (χ0v) is 16.0. The highest BCUT2D eigenvalue weighted by molar-refractivity contribution is 5.93. The third-order valence-corrected chi connectivity index (χ3v) is 4.97. The van der Waals surface area contributed by atoms with Gasteiger partial charge >= 0.3 is 0 Å². The number of halogens is 1. The van der Waals surface area contributed by atoms with Crippen molar-refractivity contribution in [3.63, 3.8) is 0 Å². The van der Waals surface area contributed by atoms with Gasteiger partial charge in [-0.3, -0.25) is 9.59 Å². The smallest absolute Gasteiger partial charge is 0.229 e. The molecule has 2 aromatic carbocycles. The number of methoxy groups -OCH3 is 1. The van der Waals surface area contributed by atoms with Gasteiger partial charge in [0, 0.05) is 25.9 Å². The second-order valence-electron chi connectivity index (χ2n) is 7.00. The van der Waals surface area contributed by atoms with Crippen molar-refractivity contribution in [2.45, 2.75) is 19.3 Å². The second kappa shape index (κ2) is 9.46. The highest BCUT2D eigenvalue weighted by atomic mass is 19.1. The lowest BCUT2D eigenvalue weighted by molar-refractivity contribution is -0.135. The first-order valence-electron chi connectivity index (χ1n) is 9.50. The number of ether oxygens (including phenoxy) is 1. The van der Waals surface area contributed by atoms with Crippen molar-refractivity contribution in [2.75, 3.05) is 32.1 Å². The third kappa shape index (κ3) is 5.16. The van der Waals surface area contributed by atoms with Crippen LogP contribution in [0.4, 0.5) is 10.1 Å². The minimum Gasteiger partial charge on any atom is -0.384 e. The molecule has 1 saturated heterocycles. The monoisotopic (exact) mass is 384 g/mol. The number of hydrogen-bond acceptors (Lipinski definition) is 3. The molecule has 0 bridgehead atoms. The first-order valence-corrected chi connectivity index (χ1v) is 9.50. The number of benzene rings is 2. The lowest BCUT2D eigenvalue weighted by Gasteiger charge is -2.32. The first-order chi connectivity index (χ1) is 13.6. The highest BCUT2D eigenvalue weighted by Crippen LogP contribution is 2.24. The number of carbonyl (C=O) groups is 2. The van der Waals surface area contributed by atoms with E-state index in [9.17, 15) is 14.0 Å². The van der Waals surface area contributed by atoms with Crippen LogP contribution in [0.2, 0.25) is 0 Å². The maximum absolute atomic E-state index is 13.1. The molecule has 2 amide bonds. The van der Waals surface area contributed by atoms with Crippen LogP contribution in [0.5, 0.6) is 0 Å². The molecule has 2 aromatic rings. The fourth-order valence-electron chi connectivity index (χ4n) is 3.43. The van der Waals surface area contributed by atoms with E-state index in [0.29, 0.717) is 31.8 Å². The van der Waals surface area contributed by atoms with Gasteiger partial charge in [-0.05, 0) is 48.2 Å². The van der Waals surface area contributed by atoms with E-state index in [-0.39, 0.29) is 23.5 Å². The van der Waals surface area contributed by atoms with Crippen LogP contribution in [0.15, 0.2) is 48.5 Å². The molecule has 5 nitrogen and oxygen atoms in total. The summed E-state index contributed by atoms with van der Waals surface area (Å²) in [4.78, 5) is 26.7. The molecule has 1 fully saturated rings. The van der Waals surface area contributed by atoms with Crippen LogP contribution in [-0.2, 0) is 14.3 Å². The minimum atomic E-state index is -0.282. The summed E-state index contributed by atoms with van der Waals surface area (Å²) < 4.78 is 18.1. The van der Waals surface area contributed by atoms with Gasteiger partial charge in [0.15, 0.2) is 0 Å². The van der Waals surface area contributed by atoms with Gasteiger partial charge in [0.1, 0.15) is 5.82 Å². The van der Waals surface area contributed by atoms with E-state index in [4.69, 9.17) is 4.74 Å². The summed E-state index contributed by atoms with van der Waals surface area (Å²) in [5, 5.41) is 2.96. The van der Waals surface area contributed by atoms with Crippen LogP contribution in [0.3, 0.4) is 0 Å². The number of rotatable bonds is 6. The Morgan fingerprint density at radius 3 is 2.71 bits per heavy atom. The van der Waals surface area contributed by atoms with Gasteiger partial charge in [-0.2, -0.15) is 0 Å². The highest BCUT2D eigenvalue weighted by Gasteiger charge is 2.28. The number of piperidine rings is 1. The van der Waals surface area contributed by atoms with Gasteiger partial charge < -0.3 is 15.0 Å². The molecule has 1 aliphatic heterocycles.